The quantitative estimate of drug-likeness (QED) is 0.830. The Morgan fingerprint density at radius 2 is 1.77 bits per heavy atom. The van der Waals surface area contributed by atoms with Crippen molar-refractivity contribution in [3.63, 3.8) is 0 Å². The molecule has 1 aliphatic rings. The molecular formula is C19H19NO2. The highest BCUT2D eigenvalue weighted by Crippen LogP contribution is 2.30. The molecule has 3 rings (SSSR count). The van der Waals surface area contributed by atoms with E-state index in [1.54, 1.807) is 18.2 Å². The van der Waals surface area contributed by atoms with Gasteiger partial charge in [0.1, 0.15) is 6.08 Å². The van der Waals surface area contributed by atoms with Gasteiger partial charge in [0.2, 0.25) is 0 Å². The number of ether oxygens (including phenoxy) is 1. The highest BCUT2D eigenvalue weighted by atomic mass is 16.6. The molecule has 2 aromatic carbocycles. The maximum Gasteiger partial charge on any atom is 0.412 e. The zero-order valence-corrected chi connectivity index (χ0v) is 12.2. The Hall–Kier alpha value is -2.55. The number of rotatable bonds is 3. The van der Waals surface area contributed by atoms with Crippen molar-refractivity contribution in [3.05, 3.63) is 78.4 Å². The molecule has 0 heterocycles. The van der Waals surface area contributed by atoms with Gasteiger partial charge in [-0.2, -0.15) is 0 Å². The first kappa shape index (κ1) is 13.1. The number of carbonyl (C=O) groups excluding carboxylic acids is 1. The van der Waals surface area contributed by atoms with Gasteiger partial charge in [0, 0.05) is 5.69 Å². The summed E-state index contributed by atoms with van der Waals surface area (Å²) < 4.78 is 13.8. The van der Waals surface area contributed by atoms with E-state index in [1.807, 2.05) is 54.6 Å². The fourth-order valence-electron chi connectivity index (χ4n) is 2.60. The lowest BCUT2D eigenvalue weighted by atomic mass is 9.86. The average molecular weight is 294 g/mol. The molecule has 0 saturated carbocycles. The van der Waals surface area contributed by atoms with Crippen molar-refractivity contribution in [2.45, 2.75) is 24.8 Å². The first-order chi connectivity index (χ1) is 11.1. The number of carbonyl (C=O) groups is 1. The number of benzene rings is 2. The lowest BCUT2D eigenvalue weighted by Crippen LogP contribution is -2.24. The van der Waals surface area contributed by atoms with Gasteiger partial charge < -0.3 is 4.74 Å². The van der Waals surface area contributed by atoms with E-state index in [4.69, 9.17) is 6.11 Å². The highest BCUT2D eigenvalue weighted by molar-refractivity contribution is 5.84. The molecule has 1 N–H and O–H groups in total. The van der Waals surface area contributed by atoms with Crippen molar-refractivity contribution < 1.29 is 10.9 Å². The van der Waals surface area contributed by atoms with Gasteiger partial charge >= 0.3 is 6.09 Å². The highest BCUT2D eigenvalue weighted by Gasteiger charge is 2.22. The summed E-state index contributed by atoms with van der Waals surface area (Å²) in [5.41, 5.74) is 1.82. The number of hydrogen-bond acceptors (Lipinski definition) is 2. The molecule has 0 spiro atoms. The molecule has 22 heavy (non-hydrogen) atoms. The van der Waals surface area contributed by atoms with Crippen molar-refractivity contribution in [3.8, 4) is 0 Å². The van der Waals surface area contributed by atoms with Gasteiger partial charge in [-0.05, 0) is 42.5 Å². The van der Waals surface area contributed by atoms with Crippen LogP contribution in [-0.4, -0.2) is 12.2 Å². The number of amides is 1. The number of allylic oxidation sites excluding steroid dienone is 1. The summed E-state index contributed by atoms with van der Waals surface area (Å²) in [6.07, 6.45) is 2.95. The van der Waals surface area contributed by atoms with Gasteiger partial charge in [0.15, 0.2) is 0 Å². The van der Waals surface area contributed by atoms with Crippen molar-refractivity contribution in [2.24, 2.45) is 0 Å². The first-order valence-electron chi connectivity index (χ1n) is 7.92. The molecule has 0 fully saturated rings. The second kappa shape index (κ2) is 6.94. The van der Waals surface area contributed by atoms with E-state index < -0.39 is 12.2 Å². The molecule has 3 heteroatoms. The maximum absolute atomic E-state index is 12.0. The Labute approximate surface area is 132 Å². The van der Waals surface area contributed by atoms with Crippen LogP contribution in [0.15, 0.2) is 72.8 Å². The second-order valence-corrected chi connectivity index (χ2v) is 5.30. The number of anilines is 1. The monoisotopic (exact) mass is 294 g/mol. The Morgan fingerprint density at radius 3 is 2.50 bits per heavy atom. The summed E-state index contributed by atoms with van der Waals surface area (Å²) in [5, 5.41) is 2.65. The topological polar surface area (TPSA) is 38.3 Å². The number of nitrogens with one attached hydrogen (secondary N) is 1. The van der Waals surface area contributed by atoms with Crippen LogP contribution in [0.4, 0.5) is 10.5 Å². The summed E-state index contributed by atoms with van der Waals surface area (Å²) in [5.74, 6) is 0.184. The summed E-state index contributed by atoms with van der Waals surface area (Å²) in [6, 6.07) is 19.1. The number of para-hydroxylation sites is 1. The lowest BCUT2D eigenvalue weighted by Gasteiger charge is -2.25. The third-order valence-electron chi connectivity index (χ3n) is 3.69. The van der Waals surface area contributed by atoms with E-state index in [1.165, 1.54) is 5.56 Å². The minimum absolute atomic E-state index is 0.184. The summed E-state index contributed by atoms with van der Waals surface area (Å²) in [6.45, 7) is 0. The van der Waals surface area contributed by atoms with Gasteiger partial charge in [-0.15, -0.1) is 0 Å². The third kappa shape index (κ3) is 3.76. The molecule has 0 unspecified atom stereocenters. The van der Waals surface area contributed by atoms with Crippen molar-refractivity contribution in [2.75, 3.05) is 5.32 Å². The standard InChI is InChI=1S/C19H19NO2/c21-19(20-17-11-5-2-6-12-17)22-18-13-7-10-16(14-18)15-8-3-1-4-9-15/h1-9,11-13,16,18H,10,14H2,(H,20,21)/t16-,18-/m1/s1/i18D. The van der Waals surface area contributed by atoms with Gasteiger partial charge in [-0.25, -0.2) is 4.79 Å². The minimum atomic E-state index is -1.34. The van der Waals surface area contributed by atoms with Crippen LogP contribution in [0.25, 0.3) is 0 Å². The third-order valence-corrected chi connectivity index (χ3v) is 3.69. The first-order valence-corrected chi connectivity index (χ1v) is 7.42. The van der Waals surface area contributed by atoms with Crippen LogP contribution in [0.2, 0.25) is 0 Å². The molecular weight excluding hydrogens is 274 g/mol. The molecule has 0 bridgehead atoms. The molecule has 0 aliphatic heterocycles. The van der Waals surface area contributed by atoms with Gasteiger partial charge in [0.05, 0.1) is 1.37 Å². The van der Waals surface area contributed by atoms with Crippen LogP contribution in [0.1, 0.15) is 25.7 Å². The lowest BCUT2D eigenvalue weighted by molar-refractivity contribution is 0.123. The van der Waals surface area contributed by atoms with Crippen molar-refractivity contribution >= 4 is 11.8 Å². The predicted octanol–water partition coefficient (Wildman–Crippen LogP) is 4.74. The maximum atomic E-state index is 12.0. The van der Waals surface area contributed by atoms with Crippen LogP contribution in [0.3, 0.4) is 0 Å². The largest absolute Gasteiger partial charge is 0.442 e. The average Bonchev–Trinajstić information content (AvgIpc) is 2.56. The van der Waals surface area contributed by atoms with Gasteiger partial charge in [-0.1, -0.05) is 54.6 Å². The normalized spacial score (nSPS) is 24.4. The van der Waals surface area contributed by atoms with Gasteiger partial charge in [-0.3, -0.25) is 5.32 Å². The van der Waals surface area contributed by atoms with E-state index >= 15 is 0 Å². The fourth-order valence-corrected chi connectivity index (χ4v) is 2.60. The molecule has 2 atom stereocenters. The second-order valence-electron chi connectivity index (χ2n) is 5.30. The van der Waals surface area contributed by atoms with E-state index in [-0.39, 0.29) is 5.92 Å². The predicted molar refractivity (Wildman–Crippen MR) is 87.9 cm³/mol. The zero-order chi connectivity index (χ0) is 16.1. The summed E-state index contributed by atoms with van der Waals surface area (Å²) in [7, 11) is 0. The molecule has 3 nitrogen and oxygen atoms in total. The molecule has 1 aliphatic carbocycles. The van der Waals surface area contributed by atoms with Crippen LogP contribution in [-0.2, 0) is 4.74 Å². The van der Waals surface area contributed by atoms with Crippen molar-refractivity contribution in [1.29, 1.82) is 0 Å². The smallest absolute Gasteiger partial charge is 0.412 e. The Kier molecular flexibility index (Phi) is 4.14. The van der Waals surface area contributed by atoms with Gasteiger partial charge in [0.25, 0.3) is 0 Å². The molecule has 2 aromatic rings. The SMILES string of the molecule is [2H][C@@]1(OC(=O)Nc2ccccc2)C=CC[C@@H](c2ccccc2)C1. The molecule has 0 aromatic heterocycles. The Balaban J connectivity index is 1.65. The minimum Gasteiger partial charge on any atom is -0.442 e. The fraction of sp³-hybridized carbons (Fsp3) is 0.211. The Bertz CT molecular complexity index is 687. The van der Waals surface area contributed by atoms with Crippen LogP contribution < -0.4 is 5.32 Å². The molecule has 1 amide bonds. The summed E-state index contributed by atoms with van der Waals surface area (Å²) >= 11 is 0. The van der Waals surface area contributed by atoms with E-state index in [2.05, 4.69) is 5.32 Å². The van der Waals surface area contributed by atoms with E-state index in [9.17, 15) is 4.79 Å². The molecule has 0 saturated heterocycles. The number of hydrogen-bond donors (Lipinski definition) is 1. The molecule has 0 radical (unpaired) electrons. The van der Waals surface area contributed by atoms with Crippen LogP contribution in [0.5, 0.6) is 0 Å². The molecule has 112 valence electrons. The zero-order valence-electron chi connectivity index (χ0n) is 13.2. The van der Waals surface area contributed by atoms with Crippen molar-refractivity contribution in [1.82, 2.24) is 0 Å². The van der Waals surface area contributed by atoms with Crippen LogP contribution >= 0.6 is 0 Å². The van der Waals surface area contributed by atoms with Crippen LogP contribution in [0, 0.1) is 0 Å². The summed E-state index contributed by atoms with van der Waals surface area (Å²) in [4.78, 5) is 12.0. The van der Waals surface area contributed by atoms with E-state index in [0.717, 1.165) is 6.42 Å². The van der Waals surface area contributed by atoms with E-state index in [0.29, 0.717) is 12.1 Å². The Morgan fingerprint density at radius 1 is 1.09 bits per heavy atom.